The number of esters is 1. The van der Waals surface area contributed by atoms with E-state index in [0.29, 0.717) is 36.2 Å². The maximum absolute atomic E-state index is 13.7. The van der Waals surface area contributed by atoms with Crippen LogP contribution >= 0.6 is 0 Å². The molecule has 196 valence electrons. The molecule has 0 bridgehead atoms. The van der Waals surface area contributed by atoms with Crippen molar-refractivity contribution in [1.29, 1.82) is 0 Å². The largest absolute Gasteiger partial charge is 0.496 e. The van der Waals surface area contributed by atoms with Crippen molar-refractivity contribution in [2.75, 3.05) is 25.7 Å². The van der Waals surface area contributed by atoms with Gasteiger partial charge in [0.15, 0.2) is 0 Å². The maximum Gasteiger partial charge on any atom is 0.337 e. The molecule has 0 radical (unpaired) electrons. The maximum atomic E-state index is 13.7. The summed E-state index contributed by atoms with van der Waals surface area (Å²) >= 11 is 0. The molecule has 6 nitrogen and oxygen atoms in total. The van der Waals surface area contributed by atoms with Crippen molar-refractivity contribution >= 4 is 28.5 Å². The van der Waals surface area contributed by atoms with Crippen LogP contribution in [0.25, 0.3) is 10.8 Å². The Morgan fingerprint density at radius 1 is 1.00 bits per heavy atom. The van der Waals surface area contributed by atoms with Crippen molar-refractivity contribution in [3.05, 3.63) is 65.9 Å². The molecule has 1 fully saturated rings. The van der Waals surface area contributed by atoms with E-state index in [1.807, 2.05) is 29.2 Å². The van der Waals surface area contributed by atoms with Crippen LogP contribution < -0.4 is 9.64 Å². The van der Waals surface area contributed by atoms with E-state index in [1.165, 1.54) is 12.7 Å². The number of benzene rings is 2. The molecule has 0 unspecified atom stereocenters. The van der Waals surface area contributed by atoms with Crippen LogP contribution in [0.15, 0.2) is 54.7 Å². The molecular formula is C31H38N2O4. The Kier molecular flexibility index (Phi) is 8.16. The predicted molar refractivity (Wildman–Crippen MR) is 147 cm³/mol. The number of para-hydroxylation sites is 1. The zero-order valence-electron chi connectivity index (χ0n) is 22.6. The highest BCUT2D eigenvalue weighted by molar-refractivity contribution is 6.04. The highest BCUT2D eigenvalue weighted by Crippen LogP contribution is 2.40. The molecule has 0 aliphatic heterocycles. The van der Waals surface area contributed by atoms with Gasteiger partial charge in [0, 0.05) is 24.5 Å². The van der Waals surface area contributed by atoms with E-state index >= 15 is 0 Å². The highest BCUT2D eigenvalue weighted by Gasteiger charge is 2.30. The van der Waals surface area contributed by atoms with E-state index in [1.54, 1.807) is 25.4 Å². The first kappa shape index (κ1) is 26.6. The van der Waals surface area contributed by atoms with E-state index < -0.39 is 0 Å². The van der Waals surface area contributed by atoms with Crippen LogP contribution in [-0.4, -0.2) is 37.6 Å². The Hall–Kier alpha value is -3.41. The van der Waals surface area contributed by atoms with E-state index in [0.717, 1.165) is 42.2 Å². The molecule has 0 spiro atoms. The summed E-state index contributed by atoms with van der Waals surface area (Å²) in [6, 6.07) is 15.6. The van der Waals surface area contributed by atoms with Gasteiger partial charge in [-0.05, 0) is 84.2 Å². The number of pyridine rings is 1. The van der Waals surface area contributed by atoms with Crippen LogP contribution in [0.3, 0.4) is 0 Å². The van der Waals surface area contributed by atoms with Crippen molar-refractivity contribution in [2.24, 2.45) is 11.3 Å². The Bertz CT molecular complexity index is 1260. The van der Waals surface area contributed by atoms with Gasteiger partial charge in [-0.15, -0.1) is 0 Å². The summed E-state index contributed by atoms with van der Waals surface area (Å²) in [4.78, 5) is 32.3. The molecular weight excluding hydrogens is 464 g/mol. The van der Waals surface area contributed by atoms with Crippen LogP contribution in [-0.2, 0) is 9.53 Å². The standard InChI is InChI=1S/C31H38N2O4/c1-31(2,3)19-28(34)33(29-26-15-14-24(30(35)37-5)18-23(26)16-17-32-29)20-21-10-12-22(13-11-21)25-8-6-7-9-27(25)36-4/h6-9,14-18,21-22H,10-13,19-20H2,1-5H3/t21-,22-. The molecule has 3 aromatic rings. The second kappa shape index (κ2) is 11.3. The van der Waals surface area contributed by atoms with Gasteiger partial charge >= 0.3 is 5.97 Å². The second-order valence-corrected chi connectivity index (χ2v) is 11.3. The number of hydrogen-bond acceptors (Lipinski definition) is 5. The molecule has 1 heterocycles. The molecule has 4 rings (SSSR count). The zero-order chi connectivity index (χ0) is 26.6. The molecule has 1 amide bonds. The molecule has 1 aliphatic carbocycles. The molecule has 1 saturated carbocycles. The summed E-state index contributed by atoms with van der Waals surface area (Å²) in [6.45, 7) is 6.89. The summed E-state index contributed by atoms with van der Waals surface area (Å²) in [5, 5.41) is 1.72. The fourth-order valence-electron chi connectivity index (χ4n) is 5.40. The summed E-state index contributed by atoms with van der Waals surface area (Å²) in [5.41, 5.74) is 1.62. The SMILES string of the molecule is COC(=O)c1ccc2c(N(C[C@H]3CC[C@H](c4ccccc4OC)CC3)C(=O)CC(C)(C)C)nccc2c1. The lowest BCUT2D eigenvalue weighted by Crippen LogP contribution is -2.39. The number of hydrogen-bond donors (Lipinski definition) is 0. The van der Waals surface area contributed by atoms with E-state index in [4.69, 9.17) is 9.47 Å². The van der Waals surface area contributed by atoms with Crippen LogP contribution in [0.2, 0.25) is 0 Å². The minimum atomic E-state index is -0.382. The molecule has 0 atom stereocenters. The van der Waals surface area contributed by atoms with Crippen LogP contribution in [0.4, 0.5) is 5.82 Å². The molecule has 0 N–H and O–H groups in total. The fraction of sp³-hybridized carbons (Fsp3) is 0.452. The average molecular weight is 503 g/mol. The van der Waals surface area contributed by atoms with Gasteiger partial charge in [-0.3, -0.25) is 9.69 Å². The number of ether oxygens (including phenoxy) is 2. The summed E-state index contributed by atoms with van der Waals surface area (Å²) in [6.07, 6.45) is 6.37. The predicted octanol–water partition coefficient (Wildman–Crippen LogP) is 6.77. The van der Waals surface area contributed by atoms with E-state index in [-0.39, 0.29) is 17.3 Å². The molecule has 1 aliphatic rings. The number of fused-ring (bicyclic) bond motifs is 1. The third-order valence-electron chi connectivity index (χ3n) is 7.27. The highest BCUT2D eigenvalue weighted by atomic mass is 16.5. The Morgan fingerprint density at radius 3 is 2.41 bits per heavy atom. The molecule has 2 aromatic carbocycles. The van der Waals surface area contributed by atoms with Crippen molar-refractivity contribution in [3.8, 4) is 5.75 Å². The number of aromatic nitrogens is 1. The number of methoxy groups -OCH3 is 2. The minimum Gasteiger partial charge on any atom is -0.496 e. The fourth-order valence-corrected chi connectivity index (χ4v) is 5.40. The van der Waals surface area contributed by atoms with Gasteiger partial charge in [-0.1, -0.05) is 39.0 Å². The number of carbonyl (C=O) groups excluding carboxylic acids is 2. The number of nitrogens with zero attached hydrogens (tertiary/aromatic N) is 2. The van der Waals surface area contributed by atoms with Crippen molar-refractivity contribution in [1.82, 2.24) is 4.98 Å². The average Bonchev–Trinajstić information content (AvgIpc) is 2.90. The Labute approximate surface area is 220 Å². The number of rotatable bonds is 7. The normalized spacial score (nSPS) is 17.9. The Morgan fingerprint density at radius 2 is 1.73 bits per heavy atom. The first-order valence-corrected chi connectivity index (χ1v) is 13.1. The molecule has 6 heteroatoms. The third-order valence-corrected chi connectivity index (χ3v) is 7.27. The van der Waals surface area contributed by atoms with Crippen molar-refractivity contribution < 1.29 is 19.1 Å². The number of amides is 1. The number of anilines is 1. The van der Waals surface area contributed by atoms with Gasteiger partial charge < -0.3 is 9.47 Å². The van der Waals surface area contributed by atoms with Gasteiger partial charge in [0.05, 0.1) is 19.8 Å². The molecule has 1 aromatic heterocycles. The zero-order valence-corrected chi connectivity index (χ0v) is 22.6. The second-order valence-electron chi connectivity index (χ2n) is 11.3. The topological polar surface area (TPSA) is 68.7 Å². The van der Waals surface area contributed by atoms with Gasteiger partial charge in [0.1, 0.15) is 11.6 Å². The first-order chi connectivity index (χ1) is 17.7. The van der Waals surface area contributed by atoms with Gasteiger partial charge in [0.25, 0.3) is 0 Å². The Balaban J connectivity index is 1.59. The van der Waals surface area contributed by atoms with Gasteiger partial charge in [-0.2, -0.15) is 0 Å². The van der Waals surface area contributed by atoms with Gasteiger partial charge in [0.2, 0.25) is 5.91 Å². The molecule has 0 saturated heterocycles. The van der Waals surface area contributed by atoms with Crippen LogP contribution in [0.1, 0.15) is 74.7 Å². The quantitative estimate of drug-likeness (QED) is 0.333. The lowest BCUT2D eigenvalue weighted by molar-refractivity contribution is -0.120. The summed E-state index contributed by atoms with van der Waals surface area (Å²) in [7, 11) is 3.11. The first-order valence-electron chi connectivity index (χ1n) is 13.1. The van der Waals surface area contributed by atoms with E-state index in [2.05, 4.69) is 37.9 Å². The summed E-state index contributed by atoms with van der Waals surface area (Å²) < 4.78 is 10.5. The monoisotopic (exact) mass is 502 g/mol. The van der Waals surface area contributed by atoms with Crippen molar-refractivity contribution in [3.63, 3.8) is 0 Å². The van der Waals surface area contributed by atoms with Gasteiger partial charge in [-0.25, -0.2) is 9.78 Å². The smallest absolute Gasteiger partial charge is 0.337 e. The third kappa shape index (κ3) is 6.30. The summed E-state index contributed by atoms with van der Waals surface area (Å²) in [5.74, 6) is 2.18. The van der Waals surface area contributed by atoms with Crippen LogP contribution in [0.5, 0.6) is 5.75 Å². The van der Waals surface area contributed by atoms with Crippen molar-refractivity contribution in [2.45, 2.75) is 58.8 Å². The van der Waals surface area contributed by atoms with Crippen LogP contribution in [0, 0.1) is 11.3 Å². The number of carbonyl (C=O) groups is 2. The lowest BCUT2D eigenvalue weighted by Gasteiger charge is -2.34. The lowest BCUT2D eigenvalue weighted by atomic mass is 9.78. The minimum absolute atomic E-state index is 0.0800. The van der Waals surface area contributed by atoms with E-state index in [9.17, 15) is 9.59 Å². The molecule has 37 heavy (non-hydrogen) atoms.